The Balaban J connectivity index is 2.08. The molecular weight excluding hydrogens is 390 g/mol. The summed E-state index contributed by atoms with van der Waals surface area (Å²) in [4.78, 5) is 42.0. The quantitative estimate of drug-likeness (QED) is 0.472. The number of hydrogen-bond donors (Lipinski definition) is 0. The van der Waals surface area contributed by atoms with Gasteiger partial charge >= 0.3 is 11.7 Å². The number of thioether (sulfide) groups is 1. The average molecular weight is 413 g/mol. The highest BCUT2D eigenvalue weighted by molar-refractivity contribution is 7.98. The fourth-order valence-electron chi connectivity index (χ4n) is 3.09. The van der Waals surface area contributed by atoms with Crippen LogP contribution in [0.5, 0.6) is 0 Å². The van der Waals surface area contributed by atoms with Crippen molar-refractivity contribution in [3.8, 4) is 0 Å². The lowest BCUT2D eigenvalue weighted by Crippen LogP contribution is -2.37. The van der Waals surface area contributed by atoms with Crippen molar-refractivity contribution >= 4 is 28.8 Å². The topological polar surface area (TPSA) is 83.2 Å². The molecule has 0 aliphatic rings. The molecule has 7 nitrogen and oxygen atoms in total. The van der Waals surface area contributed by atoms with Crippen LogP contribution in [-0.4, -0.2) is 27.2 Å². The predicted molar refractivity (Wildman–Crippen MR) is 114 cm³/mol. The summed E-state index contributed by atoms with van der Waals surface area (Å²) in [6.45, 7) is 4.09. The van der Waals surface area contributed by atoms with Crippen molar-refractivity contribution in [2.24, 2.45) is 14.1 Å². The molecule has 0 radical (unpaired) electrons. The second-order valence-corrected chi connectivity index (χ2v) is 8.06. The van der Waals surface area contributed by atoms with E-state index in [1.165, 1.54) is 30.5 Å². The third-order valence-electron chi connectivity index (χ3n) is 4.83. The fourth-order valence-corrected chi connectivity index (χ4v) is 4.38. The molecule has 2 heterocycles. The zero-order valence-electron chi connectivity index (χ0n) is 17.1. The van der Waals surface area contributed by atoms with Gasteiger partial charge in [0.15, 0.2) is 0 Å². The molecule has 152 valence electrons. The second-order valence-electron chi connectivity index (χ2n) is 7.08. The molecule has 0 saturated heterocycles. The number of benzene rings is 1. The third-order valence-corrected chi connectivity index (χ3v) is 6.04. The summed E-state index contributed by atoms with van der Waals surface area (Å²) < 4.78 is 7.24. The average Bonchev–Trinajstić information content (AvgIpc) is 2.73. The maximum absolute atomic E-state index is 12.9. The Hall–Kier alpha value is -2.87. The van der Waals surface area contributed by atoms with Crippen LogP contribution in [0.25, 0.3) is 11.0 Å². The number of aryl methyl sites for hydroxylation is 1. The zero-order valence-corrected chi connectivity index (χ0v) is 17.9. The number of aromatic nitrogens is 3. The molecule has 29 heavy (non-hydrogen) atoms. The Kier molecular flexibility index (Phi) is 5.93. The van der Waals surface area contributed by atoms with Crippen LogP contribution in [0.3, 0.4) is 0 Å². The summed E-state index contributed by atoms with van der Waals surface area (Å²) in [6, 6.07) is 7.17. The maximum atomic E-state index is 12.9. The highest BCUT2D eigenvalue weighted by Crippen LogP contribution is 2.34. The van der Waals surface area contributed by atoms with E-state index in [1.54, 1.807) is 25.4 Å². The number of methoxy groups -OCH3 is 1. The Morgan fingerprint density at radius 1 is 1.14 bits per heavy atom. The van der Waals surface area contributed by atoms with Gasteiger partial charge in [-0.25, -0.2) is 14.6 Å². The molecule has 1 aromatic carbocycles. The van der Waals surface area contributed by atoms with E-state index in [-0.39, 0.29) is 17.4 Å². The molecule has 0 atom stereocenters. The number of ether oxygens (including phenoxy) is 1. The van der Waals surface area contributed by atoms with E-state index in [9.17, 15) is 14.4 Å². The van der Waals surface area contributed by atoms with Gasteiger partial charge in [0, 0.05) is 30.9 Å². The van der Waals surface area contributed by atoms with E-state index in [0.29, 0.717) is 22.3 Å². The van der Waals surface area contributed by atoms with E-state index in [4.69, 9.17) is 4.74 Å². The van der Waals surface area contributed by atoms with Crippen molar-refractivity contribution in [1.82, 2.24) is 14.1 Å². The predicted octanol–water partition coefficient (Wildman–Crippen LogP) is 2.83. The highest BCUT2D eigenvalue weighted by Gasteiger charge is 2.19. The van der Waals surface area contributed by atoms with Gasteiger partial charge in [0.25, 0.3) is 5.56 Å². The monoisotopic (exact) mass is 413 g/mol. The normalized spacial score (nSPS) is 11.2. The molecule has 0 aliphatic carbocycles. The lowest BCUT2D eigenvalue weighted by molar-refractivity contribution is 0.0600. The van der Waals surface area contributed by atoms with Crippen molar-refractivity contribution < 1.29 is 9.53 Å². The molecule has 0 fully saturated rings. The van der Waals surface area contributed by atoms with E-state index < -0.39 is 5.69 Å². The number of pyridine rings is 1. The van der Waals surface area contributed by atoms with Gasteiger partial charge in [0.1, 0.15) is 5.65 Å². The molecule has 3 rings (SSSR count). The first-order valence-corrected chi connectivity index (χ1v) is 10.1. The number of hydrogen-bond acceptors (Lipinski definition) is 6. The van der Waals surface area contributed by atoms with Crippen LogP contribution < -0.4 is 11.2 Å². The Labute approximate surface area is 172 Å². The number of rotatable bonds is 5. The second kappa shape index (κ2) is 8.24. The van der Waals surface area contributed by atoms with Gasteiger partial charge in [-0.15, -0.1) is 11.8 Å². The Morgan fingerprint density at radius 3 is 2.38 bits per heavy atom. The summed E-state index contributed by atoms with van der Waals surface area (Å²) in [5.41, 5.74) is 2.09. The van der Waals surface area contributed by atoms with Gasteiger partial charge in [-0.05, 0) is 29.2 Å². The van der Waals surface area contributed by atoms with E-state index in [0.717, 1.165) is 20.6 Å². The van der Waals surface area contributed by atoms with Gasteiger partial charge in [-0.3, -0.25) is 13.9 Å². The van der Waals surface area contributed by atoms with Gasteiger partial charge < -0.3 is 4.74 Å². The van der Waals surface area contributed by atoms with Crippen LogP contribution >= 0.6 is 11.8 Å². The third kappa shape index (κ3) is 3.85. The highest BCUT2D eigenvalue weighted by atomic mass is 32.2. The number of fused-ring (bicyclic) bond motifs is 1. The Morgan fingerprint density at radius 2 is 1.79 bits per heavy atom. The molecule has 2 aromatic heterocycles. The van der Waals surface area contributed by atoms with Gasteiger partial charge in [0.05, 0.1) is 18.1 Å². The summed E-state index contributed by atoms with van der Waals surface area (Å²) in [7, 11) is 4.44. The van der Waals surface area contributed by atoms with Crippen LogP contribution in [-0.2, 0) is 24.6 Å². The van der Waals surface area contributed by atoms with E-state index >= 15 is 0 Å². The van der Waals surface area contributed by atoms with Gasteiger partial charge in [-0.1, -0.05) is 26.0 Å². The number of esters is 1. The molecule has 0 spiro atoms. The minimum absolute atomic E-state index is 0.165. The first-order chi connectivity index (χ1) is 13.8. The van der Waals surface area contributed by atoms with Crippen molar-refractivity contribution in [3.63, 3.8) is 0 Å². The lowest BCUT2D eigenvalue weighted by Gasteiger charge is -2.16. The summed E-state index contributed by atoms with van der Waals surface area (Å²) in [5, 5.41) is 0.456. The lowest BCUT2D eigenvalue weighted by atomic mass is 10.0. The number of nitrogens with zero attached hydrogens (tertiary/aromatic N) is 3. The molecule has 0 amide bonds. The number of carbonyl (C=O) groups is 1. The summed E-state index contributed by atoms with van der Waals surface area (Å²) in [5.74, 6) is 0.389. The Bertz CT molecular complexity index is 1190. The van der Waals surface area contributed by atoms with Crippen molar-refractivity contribution in [1.29, 1.82) is 0 Å². The van der Waals surface area contributed by atoms with Crippen LogP contribution in [0, 0.1) is 0 Å². The molecule has 0 saturated carbocycles. The van der Waals surface area contributed by atoms with Gasteiger partial charge in [0.2, 0.25) is 0 Å². The molecule has 3 aromatic rings. The van der Waals surface area contributed by atoms with Crippen molar-refractivity contribution in [2.75, 3.05) is 7.11 Å². The molecule has 0 bridgehead atoms. The minimum atomic E-state index is -0.401. The molecule has 8 heteroatoms. The first-order valence-electron chi connectivity index (χ1n) is 9.15. The van der Waals surface area contributed by atoms with Crippen LogP contribution in [0.15, 0.2) is 44.9 Å². The summed E-state index contributed by atoms with van der Waals surface area (Å²) >= 11 is 1.53. The SMILES string of the molecule is COC(=O)c1ccc(CSc2c(C(C)C)cnc3c2c(=O)n(C)c(=O)n3C)cc1. The summed E-state index contributed by atoms with van der Waals surface area (Å²) in [6.07, 6.45) is 1.74. The van der Waals surface area contributed by atoms with Crippen LogP contribution in [0.4, 0.5) is 0 Å². The molecule has 0 N–H and O–H groups in total. The maximum Gasteiger partial charge on any atom is 0.337 e. The van der Waals surface area contributed by atoms with E-state index in [2.05, 4.69) is 4.98 Å². The van der Waals surface area contributed by atoms with Crippen LogP contribution in [0.2, 0.25) is 0 Å². The van der Waals surface area contributed by atoms with Crippen molar-refractivity contribution in [2.45, 2.75) is 30.4 Å². The van der Waals surface area contributed by atoms with E-state index in [1.807, 2.05) is 26.0 Å². The molecular formula is C21H23N3O4S. The smallest absolute Gasteiger partial charge is 0.337 e. The molecule has 0 aliphatic heterocycles. The van der Waals surface area contributed by atoms with Gasteiger partial charge in [-0.2, -0.15) is 0 Å². The van der Waals surface area contributed by atoms with Crippen LogP contribution in [0.1, 0.15) is 41.3 Å². The van der Waals surface area contributed by atoms with Crippen molar-refractivity contribution in [3.05, 3.63) is 68.0 Å². The molecule has 0 unspecified atom stereocenters. The standard InChI is InChI=1S/C21H23N3O4S/c1-12(2)15-10-22-18-16(19(25)24(4)21(27)23(18)3)17(15)29-11-13-6-8-14(9-7-13)20(26)28-5/h6-10,12H,11H2,1-5H3. The minimum Gasteiger partial charge on any atom is -0.465 e. The fraction of sp³-hybridized carbons (Fsp3) is 0.333. The number of carbonyl (C=O) groups excluding carboxylic acids is 1. The first kappa shape index (κ1) is 20.9. The zero-order chi connectivity index (χ0) is 21.3. The largest absolute Gasteiger partial charge is 0.465 e.